The number of benzene rings is 1. The molecule has 0 spiro atoms. The second-order valence-electron chi connectivity index (χ2n) is 3.33. The summed E-state index contributed by atoms with van der Waals surface area (Å²) in [6.45, 7) is 0. The molecule has 0 atom stereocenters. The van der Waals surface area contributed by atoms with E-state index in [1.807, 2.05) is 0 Å². The quantitative estimate of drug-likeness (QED) is 0.637. The zero-order valence-electron chi connectivity index (χ0n) is 10.2. The van der Waals surface area contributed by atoms with E-state index in [4.69, 9.17) is 9.47 Å². The number of aromatic nitrogens is 4. The van der Waals surface area contributed by atoms with Crippen molar-refractivity contribution in [3.05, 3.63) is 22.2 Å². The number of nitrogens with one attached hydrogen (secondary N) is 2. The fraction of sp³-hybridized carbons (Fsp3) is 0.200. The van der Waals surface area contributed by atoms with Crippen LogP contribution in [-0.2, 0) is 0 Å². The molecule has 0 saturated carbocycles. The molecule has 0 aliphatic rings. The van der Waals surface area contributed by atoms with Gasteiger partial charge in [-0.2, -0.15) is 10.3 Å². The minimum Gasteiger partial charge on any atom is -0.493 e. The number of nitrogens with zero attached hydrogens (tertiary/aromatic N) is 4. The molecule has 0 aliphatic heterocycles. The number of hydrogen-bond donors (Lipinski definition) is 2. The lowest BCUT2D eigenvalue weighted by molar-refractivity contribution is 0.354. The number of aromatic amines is 1. The molecule has 0 fully saturated rings. The van der Waals surface area contributed by atoms with Crippen LogP contribution in [0.25, 0.3) is 0 Å². The lowest BCUT2D eigenvalue weighted by Gasteiger charge is -2.09. The van der Waals surface area contributed by atoms with Crippen molar-refractivity contribution in [2.75, 3.05) is 19.6 Å². The van der Waals surface area contributed by atoms with Gasteiger partial charge in [-0.3, -0.25) is 0 Å². The third-order valence-corrected chi connectivity index (χ3v) is 2.90. The number of hydrazone groups is 1. The minimum atomic E-state index is 0.285. The Morgan fingerprint density at radius 3 is 2.68 bits per heavy atom. The second kappa shape index (κ2) is 6.14. The van der Waals surface area contributed by atoms with E-state index < -0.39 is 0 Å². The molecule has 0 radical (unpaired) electrons. The minimum absolute atomic E-state index is 0.285. The normalized spacial score (nSPS) is 10.7. The molecule has 0 bridgehead atoms. The Morgan fingerprint density at radius 2 is 2.05 bits per heavy atom. The first-order valence-corrected chi connectivity index (χ1v) is 5.98. The van der Waals surface area contributed by atoms with Crippen molar-refractivity contribution < 1.29 is 9.47 Å². The van der Waals surface area contributed by atoms with Crippen LogP contribution in [0, 0.1) is 0 Å². The van der Waals surface area contributed by atoms with Crippen molar-refractivity contribution in [1.29, 1.82) is 0 Å². The molecule has 2 aromatic rings. The van der Waals surface area contributed by atoms with E-state index >= 15 is 0 Å². The number of ether oxygens (including phenoxy) is 2. The second-order valence-corrected chi connectivity index (χ2v) is 4.19. The van der Waals surface area contributed by atoms with Gasteiger partial charge in [0, 0.05) is 10.0 Å². The van der Waals surface area contributed by atoms with Crippen LogP contribution in [-0.4, -0.2) is 41.1 Å². The number of rotatable bonds is 5. The van der Waals surface area contributed by atoms with Crippen LogP contribution in [0.1, 0.15) is 5.56 Å². The summed E-state index contributed by atoms with van der Waals surface area (Å²) < 4.78 is 11.2. The summed E-state index contributed by atoms with van der Waals surface area (Å²) >= 11 is 3.43. The maximum absolute atomic E-state index is 5.22. The fourth-order valence-electron chi connectivity index (χ4n) is 1.34. The third-order valence-electron chi connectivity index (χ3n) is 2.22. The van der Waals surface area contributed by atoms with E-state index in [-0.39, 0.29) is 5.95 Å². The lowest BCUT2D eigenvalue weighted by atomic mass is 10.2. The number of hydrogen-bond acceptors (Lipinski definition) is 7. The van der Waals surface area contributed by atoms with Crippen LogP contribution in [0.15, 0.2) is 21.7 Å². The van der Waals surface area contributed by atoms with Crippen LogP contribution >= 0.6 is 15.9 Å². The number of tetrazole rings is 1. The number of methoxy groups -OCH3 is 2. The van der Waals surface area contributed by atoms with Crippen molar-refractivity contribution >= 4 is 28.1 Å². The van der Waals surface area contributed by atoms with E-state index in [9.17, 15) is 0 Å². The standard InChI is InChI=1S/C10H11BrN6O2/c1-18-8-3-6(7(11)4-9(8)19-2)5-12-13-10-14-16-17-15-10/h3-5H,1-2H3,(H2,13,14,15,16,17). The van der Waals surface area contributed by atoms with Gasteiger partial charge in [-0.25, -0.2) is 5.43 Å². The van der Waals surface area contributed by atoms with E-state index in [1.54, 1.807) is 32.6 Å². The highest BCUT2D eigenvalue weighted by Crippen LogP contribution is 2.32. The molecule has 1 aromatic heterocycles. The molecule has 19 heavy (non-hydrogen) atoms. The van der Waals surface area contributed by atoms with Crippen LogP contribution < -0.4 is 14.9 Å². The molecule has 0 aliphatic carbocycles. The molecule has 100 valence electrons. The summed E-state index contributed by atoms with van der Waals surface area (Å²) in [6, 6.07) is 3.60. The number of H-pyrrole nitrogens is 1. The van der Waals surface area contributed by atoms with Gasteiger partial charge in [0.05, 0.1) is 20.4 Å². The molecular weight excluding hydrogens is 316 g/mol. The largest absolute Gasteiger partial charge is 0.493 e. The Labute approximate surface area is 117 Å². The topological polar surface area (TPSA) is 97.3 Å². The Bertz CT molecular complexity index is 572. The zero-order valence-corrected chi connectivity index (χ0v) is 11.8. The highest BCUT2D eigenvalue weighted by atomic mass is 79.9. The molecule has 8 nitrogen and oxygen atoms in total. The average Bonchev–Trinajstić information content (AvgIpc) is 2.93. The molecule has 1 heterocycles. The first kappa shape index (κ1) is 13.3. The summed E-state index contributed by atoms with van der Waals surface area (Å²) in [4.78, 5) is 0. The summed E-state index contributed by atoms with van der Waals surface area (Å²) in [7, 11) is 3.15. The van der Waals surface area contributed by atoms with Crippen molar-refractivity contribution in [3.8, 4) is 11.5 Å². The van der Waals surface area contributed by atoms with Crippen LogP contribution in [0.3, 0.4) is 0 Å². The van der Waals surface area contributed by atoms with E-state index in [2.05, 4.69) is 47.1 Å². The first-order valence-electron chi connectivity index (χ1n) is 5.18. The third kappa shape index (κ3) is 3.19. The zero-order chi connectivity index (χ0) is 13.7. The Morgan fingerprint density at radius 1 is 1.32 bits per heavy atom. The SMILES string of the molecule is COc1cc(Br)c(C=NNc2nn[nH]n2)cc1OC. The van der Waals surface area contributed by atoms with Crippen molar-refractivity contribution in [2.24, 2.45) is 5.10 Å². The summed E-state index contributed by atoms with van der Waals surface area (Å²) in [5.74, 6) is 1.54. The number of halogens is 1. The van der Waals surface area contributed by atoms with Crippen molar-refractivity contribution in [1.82, 2.24) is 20.6 Å². The van der Waals surface area contributed by atoms with Gasteiger partial charge in [-0.15, -0.1) is 5.10 Å². The molecular formula is C10H11BrN6O2. The average molecular weight is 327 g/mol. The van der Waals surface area contributed by atoms with Crippen LogP contribution in [0.4, 0.5) is 5.95 Å². The smallest absolute Gasteiger partial charge is 0.283 e. The van der Waals surface area contributed by atoms with E-state index in [0.717, 1.165) is 10.0 Å². The molecule has 2 rings (SSSR count). The summed E-state index contributed by atoms with van der Waals surface area (Å²) in [5.41, 5.74) is 3.44. The van der Waals surface area contributed by atoms with Gasteiger partial charge in [0.1, 0.15) is 0 Å². The first-order chi connectivity index (χ1) is 9.24. The van der Waals surface area contributed by atoms with Gasteiger partial charge in [0.25, 0.3) is 5.95 Å². The monoisotopic (exact) mass is 326 g/mol. The maximum Gasteiger partial charge on any atom is 0.283 e. The highest BCUT2D eigenvalue weighted by Gasteiger charge is 2.08. The molecule has 9 heteroatoms. The van der Waals surface area contributed by atoms with Gasteiger partial charge in [-0.1, -0.05) is 5.10 Å². The summed E-state index contributed by atoms with van der Waals surface area (Å²) in [5, 5.41) is 17.1. The van der Waals surface area contributed by atoms with Crippen molar-refractivity contribution in [3.63, 3.8) is 0 Å². The van der Waals surface area contributed by atoms with Crippen LogP contribution in [0.5, 0.6) is 11.5 Å². The Kier molecular flexibility index (Phi) is 4.29. The molecule has 2 N–H and O–H groups in total. The molecule has 0 unspecified atom stereocenters. The van der Waals surface area contributed by atoms with E-state index in [1.165, 1.54) is 0 Å². The molecule has 1 aromatic carbocycles. The Balaban J connectivity index is 2.17. The van der Waals surface area contributed by atoms with Crippen LogP contribution in [0.2, 0.25) is 0 Å². The van der Waals surface area contributed by atoms with Gasteiger partial charge in [-0.05, 0) is 33.3 Å². The lowest BCUT2D eigenvalue weighted by Crippen LogP contribution is -1.96. The highest BCUT2D eigenvalue weighted by molar-refractivity contribution is 9.10. The predicted molar refractivity (Wildman–Crippen MR) is 72.6 cm³/mol. The summed E-state index contributed by atoms with van der Waals surface area (Å²) in [6.07, 6.45) is 1.60. The van der Waals surface area contributed by atoms with Gasteiger partial charge >= 0.3 is 0 Å². The van der Waals surface area contributed by atoms with Gasteiger partial charge in [0.2, 0.25) is 0 Å². The van der Waals surface area contributed by atoms with Gasteiger partial charge in [0.15, 0.2) is 11.5 Å². The van der Waals surface area contributed by atoms with E-state index in [0.29, 0.717) is 11.5 Å². The molecule has 0 saturated heterocycles. The predicted octanol–water partition coefficient (Wildman–Crippen LogP) is 1.43. The molecule has 0 amide bonds. The van der Waals surface area contributed by atoms with Gasteiger partial charge < -0.3 is 9.47 Å². The van der Waals surface area contributed by atoms with Crippen molar-refractivity contribution in [2.45, 2.75) is 0 Å². The number of anilines is 1. The Hall–Kier alpha value is -2.16. The maximum atomic E-state index is 5.22. The fourth-order valence-corrected chi connectivity index (χ4v) is 1.76.